The number of hydrogen-bond acceptors (Lipinski definition) is 2. The van der Waals surface area contributed by atoms with Crippen LogP contribution in [0.3, 0.4) is 0 Å². The molecule has 0 aliphatic carbocycles. The molecule has 1 amide bonds. The van der Waals surface area contributed by atoms with Gasteiger partial charge in [0, 0.05) is 12.1 Å². The van der Waals surface area contributed by atoms with Gasteiger partial charge in [-0.15, -0.1) is 0 Å². The summed E-state index contributed by atoms with van der Waals surface area (Å²) in [4.78, 5) is 14.3. The average molecular weight is 252 g/mol. The molecule has 0 aromatic heterocycles. The first kappa shape index (κ1) is 11.8. The predicted octanol–water partition coefficient (Wildman–Crippen LogP) is 2.78. The molecule has 0 radical (unpaired) electrons. The molecule has 19 heavy (non-hydrogen) atoms. The largest absolute Gasteiger partial charge is 0.397 e. The Kier molecular flexibility index (Phi) is 2.75. The Morgan fingerprint density at radius 3 is 2.63 bits per heavy atom. The van der Waals surface area contributed by atoms with Crippen molar-refractivity contribution in [3.8, 4) is 0 Å². The van der Waals surface area contributed by atoms with Gasteiger partial charge in [-0.1, -0.05) is 29.8 Å². The zero-order valence-electron chi connectivity index (χ0n) is 10.9. The quantitative estimate of drug-likeness (QED) is 0.793. The van der Waals surface area contributed by atoms with Gasteiger partial charge >= 0.3 is 0 Å². The Morgan fingerprint density at radius 2 is 1.89 bits per heavy atom. The van der Waals surface area contributed by atoms with Crippen LogP contribution in [0.25, 0.3) is 0 Å². The van der Waals surface area contributed by atoms with Crippen LogP contribution in [0.5, 0.6) is 0 Å². The van der Waals surface area contributed by atoms with E-state index in [0.717, 1.165) is 23.2 Å². The van der Waals surface area contributed by atoms with Gasteiger partial charge in [0.25, 0.3) is 5.91 Å². The van der Waals surface area contributed by atoms with Crippen molar-refractivity contribution < 1.29 is 4.79 Å². The van der Waals surface area contributed by atoms with Gasteiger partial charge in [-0.3, -0.25) is 4.79 Å². The molecular weight excluding hydrogens is 236 g/mol. The highest BCUT2D eigenvalue weighted by atomic mass is 16.2. The fourth-order valence-corrected chi connectivity index (χ4v) is 2.54. The van der Waals surface area contributed by atoms with Crippen molar-refractivity contribution >= 4 is 17.3 Å². The summed E-state index contributed by atoms with van der Waals surface area (Å²) >= 11 is 0. The van der Waals surface area contributed by atoms with E-state index in [-0.39, 0.29) is 5.91 Å². The lowest BCUT2D eigenvalue weighted by Crippen LogP contribution is -2.29. The van der Waals surface area contributed by atoms with E-state index < -0.39 is 0 Å². The van der Waals surface area contributed by atoms with E-state index in [1.807, 2.05) is 49.4 Å². The number of aryl methyl sites for hydroxylation is 1. The number of anilines is 2. The van der Waals surface area contributed by atoms with Crippen molar-refractivity contribution in [2.24, 2.45) is 0 Å². The number of carbonyl (C=O) groups excluding carboxylic acids is 1. The van der Waals surface area contributed by atoms with E-state index in [4.69, 9.17) is 5.73 Å². The van der Waals surface area contributed by atoms with Crippen LogP contribution in [-0.4, -0.2) is 12.5 Å². The first-order valence-electron chi connectivity index (χ1n) is 6.43. The smallest absolute Gasteiger partial charge is 0.258 e. The van der Waals surface area contributed by atoms with E-state index in [1.165, 1.54) is 0 Å². The summed E-state index contributed by atoms with van der Waals surface area (Å²) < 4.78 is 0. The van der Waals surface area contributed by atoms with E-state index in [0.29, 0.717) is 17.8 Å². The molecule has 3 rings (SSSR count). The Bertz CT molecular complexity index is 632. The maximum absolute atomic E-state index is 12.5. The Labute approximate surface area is 112 Å². The fourth-order valence-electron chi connectivity index (χ4n) is 2.54. The number of benzene rings is 2. The first-order chi connectivity index (χ1) is 9.16. The molecule has 3 heteroatoms. The van der Waals surface area contributed by atoms with Crippen LogP contribution in [0.15, 0.2) is 42.5 Å². The molecule has 2 N–H and O–H groups in total. The Balaban J connectivity index is 1.98. The second-order valence-electron chi connectivity index (χ2n) is 4.93. The van der Waals surface area contributed by atoms with E-state index >= 15 is 0 Å². The highest BCUT2D eigenvalue weighted by molar-refractivity contribution is 6.09. The van der Waals surface area contributed by atoms with E-state index in [1.54, 1.807) is 4.90 Å². The van der Waals surface area contributed by atoms with Crippen molar-refractivity contribution in [1.29, 1.82) is 0 Å². The lowest BCUT2D eigenvalue weighted by atomic mass is 10.1. The van der Waals surface area contributed by atoms with Gasteiger partial charge in [-0.05, 0) is 37.1 Å². The molecule has 96 valence electrons. The molecule has 0 spiro atoms. The van der Waals surface area contributed by atoms with E-state index in [2.05, 4.69) is 0 Å². The lowest BCUT2D eigenvalue weighted by molar-refractivity contribution is 0.0989. The Morgan fingerprint density at radius 1 is 1.16 bits per heavy atom. The summed E-state index contributed by atoms with van der Waals surface area (Å²) in [6, 6.07) is 13.5. The van der Waals surface area contributed by atoms with Crippen LogP contribution in [0, 0.1) is 6.92 Å². The van der Waals surface area contributed by atoms with Gasteiger partial charge in [0.05, 0.1) is 11.4 Å². The van der Waals surface area contributed by atoms with Crippen LogP contribution in [0.1, 0.15) is 21.5 Å². The van der Waals surface area contributed by atoms with Crippen molar-refractivity contribution in [3.05, 3.63) is 59.2 Å². The molecule has 0 saturated heterocycles. The summed E-state index contributed by atoms with van der Waals surface area (Å²) in [5.41, 5.74) is 10.6. The van der Waals surface area contributed by atoms with Crippen molar-refractivity contribution in [3.63, 3.8) is 0 Å². The van der Waals surface area contributed by atoms with Gasteiger partial charge in [0.2, 0.25) is 0 Å². The van der Waals surface area contributed by atoms with Gasteiger partial charge in [-0.25, -0.2) is 0 Å². The van der Waals surface area contributed by atoms with Gasteiger partial charge in [0.1, 0.15) is 0 Å². The third kappa shape index (κ3) is 1.97. The second-order valence-corrected chi connectivity index (χ2v) is 4.93. The fraction of sp³-hybridized carbons (Fsp3) is 0.188. The third-order valence-corrected chi connectivity index (χ3v) is 3.57. The minimum absolute atomic E-state index is 0.0247. The summed E-state index contributed by atoms with van der Waals surface area (Å²) in [6.45, 7) is 2.72. The molecule has 2 aromatic rings. The van der Waals surface area contributed by atoms with Crippen molar-refractivity contribution in [2.45, 2.75) is 13.3 Å². The highest BCUT2D eigenvalue weighted by Gasteiger charge is 2.27. The van der Waals surface area contributed by atoms with Crippen LogP contribution in [0.2, 0.25) is 0 Å². The summed E-state index contributed by atoms with van der Waals surface area (Å²) in [5.74, 6) is 0.0247. The lowest BCUT2D eigenvalue weighted by Gasteiger charge is -2.19. The summed E-state index contributed by atoms with van der Waals surface area (Å²) in [7, 11) is 0. The minimum atomic E-state index is 0.0247. The van der Waals surface area contributed by atoms with Crippen LogP contribution < -0.4 is 10.6 Å². The van der Waals surface area contributed by atoms with Crippen molar-refractivity contribution in [1.82, 2.24) is 0 Å². The topological polar surface area (TPSA) is 46.3 Å². The average Bonchev–Trinajstić information content (AvgIpc) is 2.84. The normalized spacial score (nSPS) is 13.4. The molecule has 3 nitrogen and oxygen atoms in total. The van der Waals surface area contributed by atoms with Crippen molar-refractivity contribution in [2.75, 3.05) is 17.2 Å². The van der Waals surface area contributed by atoms with Crippen LogP contribution in [0.4, 0.5) is 11.4 Å². The molecular formula is C16H16N2O. The maximum atomic E-state index is 12.5. The monoisotopic (exact) mass is 252 g/mol. The molecule has 0 atom stereocenters. The number of nitrogens with two attached hydrogens (primary N) is 1. The zero-order valence-corrected chi connectivity index (χ0v) is 10.9. The van der Waals surface area contributed by atoms with Gasteiger partial charge in [0.15, 0.2) is 0 Å². The maximum Gasteiger partial charge on any atom is 0.258 e. The minimum Gasteiger partial charge on any atom is -0.397 e. The number of nitrogen functional groups attached to an aromatic ring is 1. The molecule has 0 saturated carbocycles. The molecule has 1 aliphatic heterocycles. The van der Waals surface area contributed by atoms with Gasteiger partial charge in [-0.2, -0.15) is 0 Å². The molecule has 0 unspecified atom stereocenters. The summed E-state index contributed by atoms with van der Waals surface area (Å²) in [5, 5.41) is 0. The number of nitrogens with zero attached hydrogens (tertiary/aromatic N) is 1. The number of hydrogen-bond donors (Lipinski definition) is 1. The molecule has 0 fully saturated rings. The Hall–Kier alpha value is -2.29. The van der Waals surface area contributed by atoms with E-state index in [9.17, 15) is 4.79 Å². The molecule has 0 bridgehead atoms. The standard InChI is InChI=1S/C16H16N2O/c1-11-5-7-13(8-6-11)16(19)18-10-9-12-3-2-4-14(17)15(12)18/h2-8H,9-10,17H2,1H3. The molecule has 2 aromatic carbocycles. The van der Waals surface area contributed by atoms with Gasteiger partial charge < -0.3 is 10.6 Å². The number of rotatable bonds is 1. The van der Waals surface area contributed by atoms with Crippen LogP contribution in [-0.2, 0) is 6.42 Å². The number of para-hydroxylation sites is 1. The zero-order chi connectivity index (χ0) is 13.4. The summed E-state index contributed by atoms with van der Waals surface area (Å²) in [6.07, 6.45) is 0.873. The predicted molar refractivity (Wildman–Crippen MR) is 77.4 cm³/mol. The molecule has 1 aliphatic rings. The first-order valence-corrected chi connectivity index (χ1v) is 6.43. The molecule has 1 heterocycles. The number of fused-ring (bicyclic) bond motifs is 1. The number of amides is 1. The third-order valence-electron chi connectivity index (χ3n) is 3.57. The highest BCUT2D eigenvalue weighted by Crippen LogP contribution is 2.34. The second kappa shape index (κ2) is 4.43. The van der Waals surface area contributed by atoms with Crippen LogP contribution >= 0.6 is 0 Å². The SMILES string of the molecule is Cc1ccc(C(=O)N2CCc3cccc(N)c32)cc1. The number of carbonyl (C=O) groups is 1.